The normalized spacial score (nSPS) is 10.8. The second-order valence-electron chi connectivity index (χ2n) is 4.39. The average molecular weight is 269 g/mol. The first kappa shape index (κ1) is 12.2. The van der Waals surface area contributed by atoms with Gasteiger partial charge in [0.05, 0.1) is 5.69 Å². The SMILES string of the molecule is Cc1cc2ncc(C(=O)O)c(=O)n2n1-c1ccccc1. The minimum atomic E-state index is -1.28. The van der Waals surface area contributed by atoms with Crippen LogP contribution >= 0.6 is 0 Å². The summed E-state index contributed by atoms with van der Waals surface area (Å²) in [5, 5.41) is 9.03. The number of benzene rings is 1. The first-order valence-corrected chi connectivity index (χ1v) is 5.98. The van der Waals surface area contributed by atoms with E-state index in [0.29, 0.717) is 5.65 Å². The van der Waals surface area contributed by atoms with Crippen LogP contribution in [0.25, 0.3) is 11.3 Å². The molecule has 6 nitrogen and oxygen atoms in total. The van der Waals surface area contributed by atoms with Gasteiger partial charge >= 0.3 is 5.97 Å². The lowest BCUT2D eigenvalue weighted by Gasteiger charge is -2.08. The molecule has 0 saturated heterocycles. The van der Waals surface area contributed by atoms with Gasteiger partial charge in [-0.1, -0.05) is 18.2 Å². The van der Waals surface area contributed by atoms with Crippen molar-refractivity contribution in [2.24, 2.45) is 0 Å². The van der Waals surface area contributed by atoms with Gasteiger partial charge in [0.15, 0.2) is 5.65 Å². The Bertz CT molecular complexity index is 862. The van der Waals surface area contributed by atoms with E-state index in [1.807, 2.05) is 37.3 Å². The number of hydrogen-bond donors (Lipinski definition) is 1. The highest BCUT2D eigenvalue weighted by molar-refractivity contribution is 5.86. The second-order valence-corrected chi connectivity index (χ2v) is 4.39. The number of hydrogen-bond acceptors (Lipinski definition) is 3. The standard InChI is InChI=1S/C14H11N3O3/c1-9-7-12-15-8-11(14(19)20)13(18)17(12)16(9)10-5-3-2-4-6-10/h2-8H,1H3,(H,19,20). The lowest BCUT2D eigenvalue weighted by Crippen LogP contribution is -2.26. The summed E-state index contributed by atoms with van der Waals surface area (Å²) < 4.78 is 2.92. The molecule has 0 amide bonds. The van der Waals surface area contributed by atoms with E-state index in [1.165, 1.54) is 4.52 Å². The number of aromatic nitrogens is 3. The summed E-state index contributed by atoms with van der Waals surface area (Å²) in [7, 11) is 0. The molecule has 100 valence electrons. The number of carboxylic acid groups (broad SMARTS) is 1. The zero-order valence-electron chi connectivity index (χ0n) is 10.6. The van der Waals surface area contributed by atoms with Crippen molar-refractivity contribution in [1.82, 2.24) is 14.2 Å². The molecule has 1 N–H and O–H groups in total. The molecule has 2 aromatic heterocycles. The highest BCUT2D eigenvalue weighted by Crippen LogP contribution is 2.13. The first-order valence-electron chi connectivity index (χ1n) is 5.98. The fourth-order valence-electron chi connectivity index (χ4n) is 2.19. The minimum absolute atomic E-state index is 0.349. The van der Waals surface area contributed by atoms with Crippen molar-refractivity contribution in [3.63, 3.8) is 0 Å². The van der Waals surface area contributed by atoms with Crippen LogP contribution in [-0.2, 0) is 0 Å². The summed E-state index contributed by atoms with van der Waals surface area (Å²) in [6, 6.07) is 11.0. The van der Waals surface area contributed by atoms with E-state index in [2.05, 4.69) is 4.98 Å². The van der Waals surface area contributed by atoms with Crippen LogP contribution in [-0.4, -0.2) is 25.3 Å². The zero-order chi connectivity index (χ0) is 14.3. The average Bonchev–Trinajstić information content (AvgIpc) is 2.77. The Balaban J connectivity index is 2.43. The van der Waals surface area contributed by atoms with E-state index >= 15 is 0 Å². The van der Waals surface area contributed by atoms with E-state index in [0.717, 1.165) is 17.6 Å². The fraction of sp³-hybridized carbons (Fsp3) is 0.0714. The van der Waals surface area contributed by atoms with Crippen molar-refractivity contribution in [2.45, 2.75) is 6.92 Å². The van der Waals surface area contributed by atoms with E-state index in [4.69, 9.17) is 5.11 Å². The van der Waals surface area contributed by atoms with Crippen molar-refractivity contribution in [1.29, 1.82) is 0 Å². The van der Waals surface area contributed by atoms with Crippen LogP contribution in [0.3, 0.4) is 0 Å². The molecule has 3 rings (SSSR count). The molecule has 0 unspecified atom stereocenters. The van der Waals surface area contributed by atoms with E-state index in [-0.39, 0.29) is 5.56 Å². The van der Waals surface area contributed by atoms with Crippen molar-refractivity contribution >= 4 is 11.6 Å². The Morgan fingerprint density at radius 3 is 2.60 bits per heavy atom. The van der Waals surface area contributed by atoms with Crippen LogP contribution in [0.2, 0.25) is 0 Å². The third-order valence-corrected chi connectivity index (χ3v) is 3.07. The summed E-state index contributed by atoms with van der Waals surface area (Å²) >= 11 is 0. The molecule has 0 radical (unpaired) electrons. The number of rotatable bonds is 2. The number of fused-ring (bicyclic) bond motifs is 1. The van der Waals surface area contributed by atoms with Crippen molar-refractivity contribution in [3.8, 4) is 5.69 Å². The number of nitrogens with zero attached hydrogens (tertiary/aromatic N) is 3. The molecule has 0 aliphatic carbocycles. The zero-order valence-corrected chi connectivity index (χ0v) is 10.6. The van der Waals surface area contributed by atoms with Gasteiger partial charge < -0.3 is 5.11 Å². The Labute approximate surface area is 113 Å². The van der Waals surface area contributed by atoms with Gasteiger partial charge in [-0.25, -0.2) is 14.5 Å². The Morgan fingerprint density at radius 1 is 1.25 bits per heavy atom. The monoisotopic (exact) mass is 269 g/mol. The third-order valence-electron chi connectivity index (χ3n) is 3.07. The quantitative estimate of drug-likeness (QED) is 0.764. The highest BCUT2D eigenvalue weighted by Gasteiger charge is 2.16. The van der Waals surface area contributed by atoms with Crippen LogP contribution in [0.15, 0.2) is 47.4 Å². The molecule has 0 bridgehead atoms. The maximum absolute atomic E-state index is 12.3. The molecule has 1 aromatic carbocycles. The number of para-hydroxylation sites is 1. The predicted molar refractivity (Wildman–Crippen MR) is 72.5 cm³/mol. The lowest BCUT2D eigenvalue weighted by molar-refractivity contribution is 0.0694. The lowest BCUT2D eigenvalue weighted by atomic mass is 10.3. The van der Waals surface area contributed by atoms with Crippen molar-refractivity contribution in [2.75, 3.05) is 0 Å². The Hall–Kier alpha value is -2.89. The molecule has 0 fully saturated rings. The van der Waals surface area contributed by atoms with E-state index in [9.17, 15) is 9.59 Å². The van der Waals surface area contributed by atoms with Gasteiger partial charge in [0.1, 0.15) is 5.56 Å². The predicted octanol–water partition coefficient (Wildman–Crippen LogP) is 1.49. The molecule has 6 heteroatoms. The summed E-state index contributed by atoms with van der Waals surface area (Å²) in [6.07, 6.45) is 1.09. The molecule has 0 spiro atoms. The molecule has 20 heavy (non-hydrogen) atoms. The molecule has 0 aliphatic rings. The molecule has 3 aromatic rings. The van der Waals surface area contributed by atoms with Gasteiger partial charge in [0.25, 0.3) is 5.56 Å². The minimum Gasteiger partial charge on any atom is -0.477 e. The van der Waals surface area contributed by atoms with Crippen molar-refractivity contribution < 1.29 is 9.90 Å². The molecule has 0 atom stereocenters. The molecular formula is C14H11N3O3. The molecular weight excluding hydrogens is 258 g/mol. The van der Waals surface area contributed by atoms with Crippen LogP contribution in [0.5, 0.6) is 0 Å². The van der Waals surface area contributed by atoms with Crippen LogP contribution < -0.4 is 5.56 Å². The topological polar surface area (TPSA) is 76.6 Å². The Morgan fingerprint density at radius 2 is 1.95 bits per heavy atom. The van der Waals surface area contributed by atoms with Crippen LogP contribution in [0, 0.1) is 6.92 Å². The maximum atomic E-state index is 12.3. The molecule has 0 saturated carbocycles. The third kappa shape index (κ3) is 1.70. The van der Waals surface area contributed by atoms with Gasteiger partial charge in [0, 0.05) is 18.0 Å². The summed E-state index contributed by atoms with van der Waals surface area (Å²) in [6.45, 7) is 1.83. The largest absolute Gasteiger partial charge is 0.477 e. The van der Waals surface area contributed by atoms with Gasteiger partial charge in [-0.3, -0.25) is 4.79 Å². The fourth-order valence-corrected chi connectivity index (χ4v) is 2.19. The van der Waals surface area contributed by atoms with Gasteiger partial charge in [-0.05, 0) is 19.1 Å². The Kier molecular flexibility index (Phi) is 2.64. The number of carbonyl (C=O) groups is 1. The van der Waals surface area contributed by atoms with Crippen LogP contribution in [0.1, 0.15) is 16.1 Å². The highest BCUT2D eigenvalue weighted by atomic mass is 16.4. The van der Waals surface area contributed by atoms with Gasteiger partial charge in [-0.15, -0.1) is 0 Å². The smallest absolute Gasteiger partial charge is 0.343 e. The van der Waals surface area contributed by atoms with Crippen molar-refractivity contribution in [3.05, 3.63) is 64.2 Å². The van der Waals surface area contributed by atoms with E-state index in [1.54, 1.807) is 10.7 Å². The van der Waals surface area contributed by atoms with E-state index < -0.39 is 11.5 Å². The molecule has 0 aliphatic heterocycles. The number of carboxylic acids is 1. The van der Waals surface area contributed by atoms with Gasteiger partial charge in [0.2, 0.25) is 0 Å². The van der Waals surface area contributed by atoms with Gasteiger partial charge in [-0.2, -0.15) is 4.52 Å². The number of aryl methyl sites for hydroxylation is 1. The summed E-state index contributed by atoms with van der Waals surface area (Å²) in [4.78, 5) is 27.4. The maximum Gasteiger partial charge on any atom is 0.343 e. The number of aromatic carboxylic acids is 1. The second kappa shape index (κ2) is 4.34. The summed E-state index contributed by atoms with van der Waals surface area (Å²) in [5.41, 5.74) is 1.04. The molecule has 2 heterocycles. The van der Waals surface area contributed by atoms with Crippen LogP contribution in [0.4, 0.5) is 0 Å². The first-order chi connectivity index (χ1) is 9.59. The summed E-state index contributed by atoms with van der Waals surface area (Å²) in [5.74, 6) is -1.28.